The highest BCUT2D eigenvalue weighted by atomic mass is 32.2. The first-order chi connectivity index (χ1) is 16.3. The number of aryl methyl sites for hydroxylation is 1. The van der Waals surface area contributed by atoms with Crippen LogP contribution in [0.2, 0.25) is 0 Å². The molecule has 0 saturated carbocycles. The molecule has 0 aliphatic rings. The van der Waals surface area contributed by atoms with E-state index in [4.69, 9.17) is 9.84 Å². The van der Waals surface area contributed by atoms with Crippen LogP contribution in [0.5, 0.6) is 5.75 Å². The highest BCUT2D eigenvalue weighted by molar-refractivity contribution is 7.90. The van der Waals surface area contributed by atoms with Crippen molar-refractivity contribution in [1.29, 1.82) is 0 Å². The van der Waals surface area contributed by atoms with Gasteiger partial charge >= 0.3 is 0 Å². The van der Waals surface area contributed by atoms with Crippen LogP contribution in [0.4, 0.5) is 0 Å². The highest BCUT2D eigenvalue weighted by Crippen LogP contribution is 2.37. The zero-order valence-corrected chi connectivity index (χ0v) is 20.0. The molecule has 0 radical (unpaired) electrons. The molecule has 0 spiro atoms. The number of aliphatic hydroxyl groups is 1. The Morgan fingerprint density at radius 3 is 2.74 bits per heavy atom. The van der Waals surface area contributed by atoms with Crippen LogP contribution < -0.4 is 9.46 Å². The van der Waals surface area contributed by atoms with Gasteiger partial charge in [0.2, 0.25) is 0 Å². The van der Waals surface area contributed by atoms with Gasteiger partial charge in [-0.3, -0.25) is 9.78 Å². The number of aromatic nitrogens is 1. The molecular formula is C25H20N2O5S2. The number of hydrogen-bond acceptors (Lipinski definition) is 7. The zero-order chi connectivity index (χ0) is 24.3. The Morgan fingerprint density at radius 1 is 1.18 bits per heavy atom. The number of aliphatic hydroxyl groups excluding tert-OH is 1. The summed E-state index contributed by atoms with van der Waals surface area (Å²) in [5.74, 6) is 5.23. The fourth-order valence-corrected chi connectivity index (χ4v) is 5.54. The average Bonchev–Trinajstić information content (AvgIpc) is 3.30. The van der Waals surface area contributed by atoms with Gasteiger partial charge in [-0.25, -0.2) is 13.1 Å². The van der Waals surface area contributed by atoms with E-state index in [1.807, 2.05) is 6.07 Å². The smallest absolute Gasteiger partial charge is 0.266 e. The number of nitrogens with zero attached hydrogens (tertiary/aromatic N) is 1. The summed E-state index contributed by atoms with van der Waals surface area (Å²) in [5, 5.41) is 9.56. The van der Waals surface area contributed by atoms with E-state index >= 15 is 0 Å². The summed E-state index contributed by atoms with van der Waals surface area (Å²) < 4.78 is 33.9. The van der Waals surface area contributed by atoms with Crippen LogP contribution in [0, 0.1) is 18.8 Å². The molecule has 0 bridgehead atoms. The molecular weight excluding hydrogens is 472 g/mol. The highest BCUT2D eigenvalue weighted by Gasteiger charge is 2.24. The standard InChI is InChI=1S/C25H20N2O5S2/c1-16-14-21(32-2)20(22-11-10-18(33-22)8-5-13-28)15-19(16)25(29)27-34(30,31)23-9-3-6-17-7-4-12-26-24(17)23/h3-4,6-7,9-12,14-15,28H,13H2,1-2H3,(H,27,29). The lowest BCUT2D eigenvalue weighted by Crippen LogP contribution is -2.31. The number of nitrogens with one attached hydrogen (secondary N) is 1. The number of methoxy groups -OCH3 is 1. The van der Waals surface area contributed by atoms with Crippen molar-refractivity contribution in [2.24, 2.45) is 0 Å². The first kappa shape index (κ1) is 23.4. The minimum atomic E-state index is -4.18. The van der Waals surface area contributed by atoms with Crippen LogP contribution in [0.15, 0.2) is 65.7 Å². The molecule has 0 atom stereocenters. The van der Waals surface area contributed by atoms with E-state index in [1.54, 1.807) is 49.4 Å². The fraction of sp³-hybridized carbons (Fsp3) is 0.120. The summed E-state index contributed by atoms with van der Waals surface area (Å²) in [6.45, 7) is 1.46. The summed E-state index contributed by atoms with van der Waals surface area (Å²) in [6, 6.07) is 15.2. The Kier molecular flexibility index (Phi) is 6.65. The molecule has 2 aromatic heterocycles. The summed E-state index contributed by atoms with van der Waals surface area (Å²) in [5.41, 5.74) is 1.67. The fourth-order valence-electron chi connectivity index (χ4n) is 3.49. The van der Waals surface area contributed by atoms with Crippen molar-refractivity contribution in [1.82, 2.24) is 9.71 Å². The first-order valence-corrected chi connectivity index (χ1v) is 12.4. The minimum Gasteiger partial charge on any atom is -0.496 e. The molecule has 4 rings (SSSR count). The van der Waals surface area contributed by atoms with E-state index < -0.39 is 15.9 Å². The normalized spacial score (nSPS) is 11.0. The van der Waals surface area contributed by atoms with Gasteiger partial charge in [0.1, 0.15) is 17.3 Å². The second kappa shape index (κ2) is 9.65. The molecule has 4 aromatic rings. The number of para-hydroxylation sites is 1. The maximum Gasteiger partial charge on any atom is 0.266 e. The van der Waals surface area contributed by atoms with E-state index in [0.717, 1.165) is 9.75 Å². The van der Waals surface area contributed by atoms with E-state index in [2.05, 4.69) is 21.5 Å². The lowest BCUT2D eigenvalue weighted by atomic mass is 10.0. The van der Waals surface area contributed by atoms with Crippen LogP contribution in [-0.4, -0.2) is 38.1 Å². The van der Waals surface area contributed by atoms with Crippen LogP contribution in [0.25, 0.3) is 21.3 Å². The van der Waals surface area contributed by atoms with E-state index in [9.17, 15) is 13.2 Å². The molecule has 0 unspecified atom stereocenters. The Bertz CT molecular complexity index is 1560. The van der Waals surface area contributed by atoms with Crippen molar-refractivity contribution in [2.45, 2.75) is 11.8 Å². The Balaban J connectivity index is 1.72. The predicted octanol–water partition coefficient (Wildman–Crippen LogP) is 3.74. The average molecular weight is 493 g/mol. The summed E-state index contributed by atoms with van der Waals surface area (Å²) in [6.07, 6.45) is 1.50. The molecule has 7 nitrogen and oxygen atoms in total. The van der Waals surface area contributed by atoms with Crippen molar-refractivity contribution in [3.05, 3.63) is 76.8 Å². The number of amides is 1. The lowest BCUT2D eigenvalue weighted by Gasteiger charge is -2.14. The number of benzene rings is 2. The molecule has 9 heteroatoms. The topological polar surface area (TPSA) is 106 Å². The van der Waals surface area contributed by atoms with Gasteiger partial charge in [-0.05, 0) is 48.9 Å². The largest absolute Gasteiger partial charge is 0.496 e. The van der Waals surface area contributed by atoms with Gasteiger partial charge in [0, 0.05) is 27.6 Å². The number of fused-ring (bicyclic) bond motifs is 1. The molecule has 172 valence electrons. The second-order valence-electron chi connectivity index (χ2n) is 7.26. The van der Waals surface area contributed by atoms with Crippen LogP contribution >= 0.6 is 11.3 Å². The van der Waals surface area contributed by atoms with E-state index in [0.29, 0.717) is 22.3 Å². The Morgan fingerprint density at radius 2 is 1.97 bits per heavy atom. The number of thiophene rings is 1. The number of pyridine rings is 1. The molecule has 2 N–H and O–H groups in total. The number of hydrogen-bond donors (Lipinski definition) is 2. The molecule has 0 saturated heterocycles. The van der Waals surface area contributed by atoms with Gasteiger partial charge in [0.05, 0.1) is 17.5 Å². The van der Waals surface area contributed by atoms with Crippen molar-refractivity contribution >= 4 is 38.2 Å². The molecule has 0 aliphatic carbocycles. The van der Waals surface area contributed by atoms with E-state index in [1.165, 1.54) is 30.7 Å². The predicted molar refractivity (Wildman–Crippen MR) is 131 cm³/mol. The number of ether oxygens (including phenoxy) is 1. The zero-order valence-electron chi connectivity index (χ0n) is 18.3. The second-order valence-corrected chi connectivity index (χ2v) is 9.99. The van der Waals surface area contributed by atoms with Crippen molar-refractivity contribution < 1.29 is 23.1 Å². The van der Waals surface area contributed by atoms with Gasteiger partial charge in [-0.1, -0.05) is 30.0 Å². The third-order valence-electron chi connectivity index (χ3n) is 5.07. The Hall–Kier alpha value is -3.71. The molecule has 0 aliphatic heterocycles. The minimum absolute atomic E-state index is 0.0734. The van der Waals surface area contributed by atoms with Crippen LogP contribution in [-0.2, 0) is 10.0 Å². The summed E-state index contributed by atoms with van der Waals surface area (Å²) >= 11 is 1.37. The van der Waals surface area contributed by atoms with Crippen molar-refractivity contribution in [3.8, 4) is 28.0 Å². The quantitative estimate of drug-likeness (QED) is 0.411. The maximum absolute atomic E-state index is 13.1. The lowest BCUT2D eigenvalue weighted by molar-refractivity contribution is 0.0981. The molecule has 2 heterocycles. The molecule has 2 aromatic carbocycles. The summed E-state index contributed by atoms with van der Waals surface area (Å²) in [7, 11) is -2.66. The maximum atomic E-state index is 13.1. The van der Waals surface area contributed by atoms with Crippen molar-refractivity contribution in [2.75, 3.05) is 13.7 Å². The van der Waals surface area contributed by atoms with Crippen LogP contribution in [0.1, 0.15) is 20.8 Å². The van der Waals surface area contributed by atoms with Gasteiger partial charge in [0.15, 0.2) is 0 Å². The summed E-state index contributed by atoms with van der Waals surface area (Å²) in [4.78, 5) is 18.7. The van der Waals surface area contributed by atoms with Gasteiger partial charge in [0.25, 0.3) is 15.9 Å². The van der Waals surface area contributed by atoms with E-state index in [-0.39, 0.29) is 22.6 Å². The first-order valence-electron chi connectivity index (χ1n) is 10.1. The molecule has 34 heavy (non-hydrogen) atoms. The molecule has 1 amide bonds. The van der Waals surface area contributed by atoms with Gasteiger partial charge in [-0.15, -0.1) is 11.3 Å². The third-order valence-corrected chi connectivity index (χ3v) is 7.46. The van der Waals surface area contributed by atoms with Crippen LogP contribution in [0.3, 0.4) is 0 Å². The molecule has 0 fully saturated rings. The van der Waals surface area contributed by atoms with Crippen molar-refractivity contribution in [3.63, 3.8) is 0 Å². The third kappa shape index (κ3) is 4.65. The van der Waals surface area contributed by atoms with Gasteiger partial charge < -0.3 is 9.84 Å². The number of rotatable bonds is 5. The monoisotopic (exact) mass is 492 g/mol. The Labute approximate surface area is 201 Å². The number of sulfonamides is 1. The van der Waals surface area contributed by atoms with Gasteiger partial charge in [-0.2, -0.15) is 0 Å². The number of carbonyl (C=O) groups excluding carboxylic acids is 1. The number of carbonyl (C=O) groups is 1. The SMILES string of the molecule is COc1cc(C)c(C(=O)NS(=O)(=O)c2cccc3cccnc23)cc1-c1ccc(C#CCO)s1.